The van der Waals surface area contributed by atoms with Gasteiger partial charge in [0.05, 0.1) is 11.6 Å². The number of anilines is 1. The second kappa shape index (κ2) is 10.1. The third-order valence-corrected chi connectivity index (χ3v) is 6.20. The Morgan fingerprint density at radius 3 is 2.71 bits per heavy atom. The Kier molecular flexibility index (Phi) is 7.21. The Morgan fingerprint density at radius 1 is 1.21 bits per heavy atom. The van der Waals surface area contributed by atoms with Crippen LogP contribution in [0.1, 0.15) is 35.5 Å². The van der Waals surface area contributed by atoms with E-state index in [0.717, 1.165) is 11.1 Å². The zero-order chi connectivity index (χ0) is 24.4. The number of aromatic nitrogens is 2. The zero-order valence-electron chi connectivity index (χ0n) is 19.1. The highest BCUT2D eigenvalue weighted by atomic mass is 35.5. The molecule has 1 aromatic carbocycles. The molecule has 1 unspecified atom stereocenters. The minimum atomic E-state index is -0.433. The Hall–Kier alpha value is -2.94. The minimum absolute atomic E-state index is 0.106. The fourth-order valence-electron chi connectivity index (χ4n) is 4.27. The molecular weight excluding hydrogens is 459 g/mol. The number of nitrogens with one attached hydrogen (secondary N) is 1. The Morgan fingerprint density at radius 2 is 2.00 bits per heavy atom. The Labute approximate surface area is 202 Å². The topological polar surface area (TPSA) is 90.6 Å². The van der Waals surface area contributed by atoms with Crippen LogP contribution in [-0.2, 0) is 19.7 Å². The summed E-state index contributed by atoms with van der Waals surface area (Å²) in [6.07, 6.45) is 3.44. The van der Waals surface area contributed by atoms with Crippen LogP contribution >= 0.6 is 11.6 Å². The molecule has 34 heavy (non-hydrogen) atoms. The summed E-state index contributed by atoms with van der Waals surface area (Å²) in [6.45, 7) is 4.55. The van der Waals surface area contributed by atoms with E-state index in [2.05, 4.69) is 10.3 Å². The van der Waals surface area contributed by atoms with Crippen LogP contribution < -0.4 is 5.32 Å². The molecule has 0 saturated carbocycles. The Balaban J connectivity index is 1.70. The molecule has 0 fully saturated rings. The summed E-state index contributed by atoms with van der Waals surface area (Å²) in [5.74, 6) is -0.194. The fraction of sp³-hybridized carbons (Fsp3) is 0.360. The van der Waals surface area contributed by atoms with Gasteiger partial charge in [0, 0.05) is 61.7 Å². The lowest BCUT2D eigenvalue weighted by Crippen LogP contribution is -2.34. The van der Waals surface area contributed by atoms with Crippen LogP contribution in [0, 0.1) is 11.7 Å². The van der Waals surface area contributed by atoms with Gasteiger partial charge in [-0.15, -0.1) is 0 Å². The maximum absolute atomic E-state index is 13.9. The predicted molar refractivity (Wildman–Crippen MR) is 129 cm³/mol. The van der Waals surface area contributed by atoms with Crippen molar-refractivity contribution >= 4 is 23.3 Å². The molecule has 1 atom stereocenters. The van der Waals surface area contributed by atoms with Gasteiger partial charge in [0.25, 0.3) is 5.91 Å². The summed E-state index contributed by atoms with van der Waals surface area (Å²) in [6, 6.07) is 7.97. The number of carbonyl (C=O) groups excluding carboxylic acids is 1. The van der Waals surface area contributed by atoms with Crippen molar-refractivity contribution in [2.75, 3.05) is 18.5 Å². The monoisotopic (exact) mass is 486 g/mol. The normalized spacial score (nSPS) is 16.0. The van der Waals surface area contributed by atoms with Gasteiger partial charge in [0.1, 0.15) is 17.3 Å². The molecule has 1 amide bonds. The van der Waals surface area contributed by atoms with E-state index < -0.39 is 5.82 Å². The summed E-state index contributed by atoms with van der Waals surface area (Å²) in [5.41, 5.74) is 3.06. The SMILES string of the molecule is CC(C)Nc1cc(-c2cc3n(c2)CC(CO)CN(Cc2cc(F)ccc2CO)C3=O)c(Cl)cn1. The third kappa shape index (κ3) is 5.09. The molecule has 180 valence electrons. The lowest BCUT2D eigenvalue weighted by molar-refractivity contribution is 0.0701. The number of benzene rings is 1. The quantitative estimate of drug-likeness (QED) is 0.471. The van der Waals surface area contributed by atoms with Crippen LogP contribution in [0.15, 0.2) is 42.7 Å². The first-order chi connectivity index (χ1) is 16.3. The van der Waals surface area contributed by atoms with Gasteiger partial charge in [-0.1, -0.05) is 17.7 Å². The average molecular weight is 487 g/mol. The molecular formula is C25H28ClFN4O3. The third-order valence-electron chi connectivity index (χ3n) is 5.90. The van der Waals surface area contributed by atoms with Crippen LogP contribution in [0.25, 0.3) is 11.1 Å². The molecule has 0 spiro atoms. The lowest BCUT2D eigenvalue weighted by atomic mass is 10.1. The largest absolute Gasteiger partial charge is 0.396 e. The first-order valence-corrected chi connectivity index (χ1v) is 11.6. The van der Waals surface area contributed by atoms with Gasteiger partial charge >= 0.3 is 0 Å². The number of nitrogens with zero attached hydrogens (tertiary/aromatic N) is 3. The van der Waals surface area contributed by atoms with Crippen LogP contribution in [0.5, 0.6) is 0 Å². The van der Waals surface area contributed by atoms with Crippen molar-refractivity contribution in [1.29, 1.82) is 0 Å². The number of carbonyl (C=O) groups is 1. The zero-order valence-corrected chi connectivity index (χ0v) is 19.9. The molecule has 9 heteroatoms. The number of aliphatic hydroxyl groups excluding tert-OH is 2. The maximum atomic E-state index is 13.9. The van der Waals surface area contributed by atoms with Crippen molar-refractivity contribution in [2.24, 2.45) is 5.92 Å². The van der Waals surface area contributed by atoms with Gasteiger partial charge in [-0.25, -0.2) is 9.37 Å². The summed E-state index contributed by atoms with van der Waals surface area (Å²) >= 11 is 6.45. The van der Waals surface area contributed by atoms with Gasteiger partial charge in [0.2, 0.25) is 0 Å². The molecule has 7 nitrogen and oxygen atoms in total. The number of hydrogen-bond donors (Lipinski definition) is 3. The Bertz CT molecular complexity index is 1200. The van der Waals surface area contributed by atoms with Crippen molar-refractivity contribution in [3.63, 3.8) is 0 Å². The second-order valence-electron chi connectivity index (χ2n) is 8.92. The molecule has 4 rings (SSSR count). The van der Waals surface area contributed by atoms with Gasteiger partial charge in [-0.2, -0.15) is 0 Å². The van der Waals surface area contributed by atoms with E-state index in [1.54, 1.807) is 17.2 Å². The summed E-state index contributed by atoms with van der Waals surface area (Å²) in [4.78, 5) is 19.4. The van der Waals surface area contributed by atoms with Gasteiger partial charge < -0.3 is 25.0 Å². The fourth-order valence-corrected chi connectivity index (χ4v) is 4.48. The van der Waals surface area contributed by atoms with Crippen molar-refractivity contribution < 1.29 is 19.4 Å². The van der Waals surface area contributed by atoms with Crippen LogP contribution in [0.3, 0.4) is 0 Å². The predicted octanol–water partition coefficient (Wildman–Crippen LogP) is 3.92. The van der Waals surface area contributed by atoms with Gasteiger partial charge in [0.15, 0.2) is 0 Å². The summed E-state index contributed by atoms with van der Waals surface area (Å²) in [7, 11) is 0. The van der Waals surface area contributed by atoms with Gasteiger partial charge in [-0.05, 0) is 49.2 Å². The molecule has 3 N–H and O–H groups in total. The van der Waals surface area contributed by atoms with Crippen LogP contribution in [-0.4, -0.2) is 49.8 Å². The summed E-state index contributed by atoms with van der Waals surface area (Å²) < 4.78 is 15.7. The highest BCUT2D eigenvalue weighted by Crippen LogP contribution is 2.33. The molecule has 3 heterocycles. The maximum Gasteiger partial charge on any atom is 0.270 e. The van der Waals surface area contributed by atoms with Crippen molar-refractivity contribution in [1.82, 2.24) is 14.5 Å². The van der Waals surface area contributed by atoms with Gasteiger partial charge in [-0.3, -0.25) is 4.79 Å². The van der Waals surface area contributed by atoms with E-state index in [1.807, 2.05) is 30.7 Å². The number of hydrogen-bond acceptors (Lipinski definition) is 5. The van der Waals surface area contributed by atoms with Crippen molar-refractivity contribution in [2.45, 2.75) is 39.6 Å². The smallest absolute Gasteiger partial charge is 0.270 e. The number of amides is 1. The first-order valence-electron chi connectivity index (χ1n) is 11.2. The molecule has 0 saturated heterocycles. The van der Waals surface area contributed by atoms with E-state index in [1.165, 1.54) is 18.2 Å². The molecule has 0 bridgehead atoms. The standard InChI is InChI=1S/C25H28ClFN4O3/c1-15(2)29-24-7-21(22(26)8-28-24)19-6-23-25(34)31(10-16(13-32)9-30(23)12-19)11-18-5-20(27)4-3-17(18)14-33/h3-8,12,15-16,32-33H,9-11,13-14H2,1-2H3,(H,28,29). The first kappa shape index (κ1) is 24.2. The lowest BCUT2D eigenvalue weighted by Gasteiger charge is -2.24. The number of rotatable bonds is 7. The van der Waals surface area contributed by atoms with Crippen molar-refractivity contribution in [3.8, 4) is 11.1 Å². The summed E-state index contributed by atoms with van der Waals surface area (Å²) in [5, 5.41) is 23.3. The molecule has 0 radical (unpaired) electrons. The highest BCUT2D eigenvalue weighted by Gasteiger charge is 2.29. The molecule has 1 aliphatic rings. The van der Waals surface area contributed by atoms with E-state index >= 15 is 0 Å². The van der Waals surface area contributed by atoms with E-state index in [-0.39, 0.29) is 37.6 Å². The van der Waals surface area contributed by atoms with Crippen LogP contribution in [0.2, 0.25) is 5.02 Å². The van der Waals surface area contributed by atoms with Crippen molar-refractivity contribution in [3.05, 3.63) is 70.4 Å². The van der Waals surface area contributed by atoms with Crippen LogP contribution in [0.4, 0.5) is 10.2 Å². The molecule has 1 aliphatic heterocycles. The number of halogens is 2. The highest BCUT2D eigenvalue weighted by molar-refractivity contribution is 6.33. The van der Waals surface area contributed by atoms with E-state index in [9.17, 15) is 19.4 Å². The molecule has 0 aliphatic carbocycles. The second-order valence-corrected chi connectivity index (χ2v) is 9.33. The number of fused-ring (bicyclic) bond motifs is 1. The molecule has 3 aromatic rings. The van der Waals surface area contributed by atoms with E-state index in [0.29, 0.717) is 40.8 Å². The average Bonchev–Trinajstić information content (AvgIpc) is 3.17. The van der Waals surface area contributed by atoms with E-state index in [4.69, 9.17) is 11.6 Å². The molecule has 2 aromatic heterocycles. The number of aliphatic hydroxyl groups is 2. The minimum Gasteiger partial charge on any atom is -0.396 e. The number of pyridine rings is 1.